The Morgan fingerprint density at radius 2 is 1.96 bits per heavy atom. The predicted octanol–water partition coefficient (Wildman–Crippen LogP) is 2.31. The molecule has 25 heavy (non-hydrogen) atoms. The first-order valence-corrected chi connectivity index (χ1v) is 7.70. The molecular weight excluding hydrogens is 318 g/mol. The third-order valence-electron chi connectivity index (χ3n) is 4.11. The summed E-state index contributed by atoms with van der Waals surface area (Å²) in [6.07, 6.45) is 0. The zero-order valence-corrected chi connectivity index (χ0v) is 13.7. The van der Waals surface area contributed by atoms with Gasteiger partial charge in [0, 0.05) is 23.9 Å². The number of tetrazole rings is 1. The van der Waals surface area contributed by atoms with Crippen molar-refractivity contribution < 1.29 is 4.79 Å². The zero-order valence-electron chi connectivity index (χ0n) is 13.7. The van der Waals surface area contributed by atoms with Crippen LogP contribution in [-0.4, -0.2) is 36.1 Å². The van der Waals surface area contributed by atoms with E-state index < -0.39 is 0 Å². The Kier molecular flexibility index (Phi) is 3.50. The average Bonchev–Trinajstić information content (AvgIpc) is 3.25. The summed E-state index contributed by atoms with van der Waals surface area (Å²) in [7, 11) is 1.93. The number of H-pyrrole nitrogens is 1. The highest BCUT2D eigenvalue weighted by molar-refractivity contribution is 6.06. The molecule has 0 saturated carbocycles. The van der Waals surface area contributed by atoms with E-state index in [4.69, 9.17) is 0 Å². The Morgan fingerprint density at radius 3 is 2.68 bits per heavy atom. The number of aryl methyl sites for hydroxylation is 2. The van der Waals surface area contributed by atoms with Crippen LogP contribution in [0.1, 0.15) is 16.2 Å². The lowest BCUT2D eigenvalue weighted by Crippen LogP contribution is -2.11. The first-order chi connectivity index (χ1) is 12.1. The topological polar surface area (TPSA) is 101 Å². The van der Waals surface area contributed by atoms with E-state index >= 15 is 0 Å². The van der Waals surface area contributed by atoms with E-state index in [0.717, 1.165) is 22.4 Å². The van der Waals surface area contributed by atoms with Gasteiger partial charge in [0.2, 0.25) is 5.82 Å². The number of imidazole rings is 1. The summed E-state index contributed by atoms with van der Waals surface area (Å²) in [5.41, 5.74) is 3.90. The largest absolute Gasteiger partial charge is 0.331 e. The maximum absolute atomic E-state index is 12.5. The van der Waals surface area contributed by atoms with E-state index in [-0.39, 0.29) is 5.91 Å². The van der Waals surface area contributed by atoms with E-state index in [1.54, 1.807) is 18.2 Å². The van der Waals surface area contributed by atoms with Crippen molar-refractivity contribution in [2.45, 2.75) is 6.92 Å². The lowest BCUT2D eigenvalue weighted by molar-refractivity contribution is 0.102. The van der Waals surface area contributed by atoms with Crippen molar-refractivity contribution in [1.29, 1.82) is 0 Å². The smallest absolute Gasteiger partial charge is 0.255 e. The molecule has 2 N–H and O–H groups in total. The molecule has 8 nitrogen and oxygen atoms in total. The molecule has 2 aromatic heterocycles. The highest BCUT2D eigenvalue weighted by Crippen LogP contribution is 2.19. The monoisotopic (exact) mass is 333 g/mol. The first kappa shape index (κ1) is 15.0. The Morgan fingerprint density at radius 1 is 1.16 bits per heavy atom. The quantitative estimate of drug-likeness (QED) is 0.599. The number of hydrogen-bond donors (Lipinski definition) is 2. The summed E-state index contributed by atoms with van der Waals surface area (Å²) in [5.74, 6) is 1.24. The van der Waals surface area contributed by atoms with Gasteiger partial charge in [-0.2, -0.15) is 5.21 Å². The van der Waals surface area contributed by atoms with Crippen LogP contribution in [0.15, 0.2) is 42.5 Å². The summed E-state index contributed by atoms with van der Waals surface area (Å²) in [6.45, 7) is 1.94. The minimum Gasteiger partial charge on any atom is -0.331 e. The number of nitrogens with one attached hydrogen (secondary N) is 2. The fourth-order valence-corrected chi connectivity index (χ4v) is 2.64. The van der Waals surface area contributed by atoms with Crippen LogP contribution in [-0.2, 0) is 7.05 Å². The number of carbonyl (C=O) groups is 1. The summed E-state index contributed by atoms with van der Waals surface area (Å²) in [5, 5.41) is 16.7. The van der Waals surface area contributed by atoms with Gasteiger partial charge in [-0.3, -0.25) is 4.79 Å². The van der Waals surface area contributed by atoms with Gasteiger partial charge in [-0.25, -0.2) is 4.98 Å². The minimum atomic E-state index is -0.173. The molecule has 4 aromatic rings. The van der Waals surface area contributed by atoms with E-state index in [1.165, 1.54) is 0 Å². The Balaban J connectivity index is 1.56. The molecule has 0 bridgehead atoms. The van der Waals surface area contributed by atoms with Crippen molar-refractivity contribution in [3.63, 3.8) is 0 Å². The number of nitrogens with zero attached hydrogens (tertiary/aromatic N) is 5. The van der Waals surface area contributed by atoms with E-state index in [2.05, 4.69) is 30.9 Å². The predicted molar refractivity (Wildman–Crippen MR) is 93.0 cm³/mol. The highest BCUT2D eigenvalue weighted by Gasteiger charge is 2.11. The lowest BCUT2D eigenvalue weighted by atomic mass is 10.1. The maximum Gasteiger partial charge on any atom is 0.255 e. The van der Waals surface area contributed by atoms with Gasteiger partial charge in [0.25, 0.3) is 5.91 Å². The number of benzene rings is 2. The number of anilines is 1. The molecule has 0 saturated heterocycles. The van der Waals surface area contributed by atoms with Gasteiger partial charge in [-0.05, 0) is 54.6 Å². The molecule has 0 fully saturated rings. The number of fused-ring (bicyclic) bond motifs is 1. The van der Waals surface area contributed by atoms with Gasteiger partial charge in [-0.15, -0.1) is 10.2 Å². The molecule has 4 rings (SSSR count). The minimum absolute atomic E-state index is 0.173. The Labute approximate surface area is 142 Å². The van der Waals surface area contributed by atoms with Gasteiger partial charge in [0.1, 0.15) is 5.82 Å². The van der Waals surface area contributed by atoms with Gasteiger partial charge >= 0.3 is 0 Å². The summed E-state index contributed by atoms with van der Waals surface area (Å²) >= 11 is 0. The van der Waals surface area contributed by atoms with E-state index in [9.17, 15) is 4.79 Å². The molecular formula is C17H15N7O. The Bertz CT molecular complexity index is 1050. The molecule has 0 aliphatic heterocycles. The standard InChI is InChI=1S/C17H15N7O/c1-10-18-14-8-5-12(9-15(14)24(10)2)17(25)19-13-6-3-11(4-7-13)16-20-22-23-21-16/h3-9H,1-2H3,(H,19,25)(H,20,21,22,23). The maximum atomic E-state index is 12.5. The second kappa shape index (κ2) is 5.82. The van der Waals surface area contributed by atoms with Crippen LogP contribution in [0.3, 0.4) is 0 Å². The second-order valence-corrected chi connectivity index (χ2v) is 5.69. The van der Waals surface area contributed by atoms with Crippen molar-refractivity contribution in [3.8, 4) is 11.4 Å². The van der Waals surface area contributed by atoms with E-state index in [1.807, 2.05) is 42.8 Å². The van der Waals surface area contributed by atoms with Crippen LogP contribution in [0, 0.1) is 6.92 Å². The molecule has 0 aliphatic carbocycles. The Hall–Kier alpha value is -3.55. The third-order valence-corrected chi connectivity index (χ3v) is 4.11. The van der Waals surface area contributed by atoms with Gasteiger partial charge in [0.05, 0.1) is 11.0 Å². The van der Waals surface area contributed by atoms with Crippen molar-refractivity contribution in [1.82, 2.24) is 30.2 Å². The van der Waals surface area contributed by atoms with Gasteiger partial charge < -0.3 is 9.88 Å². The molecule has 124 valence electrons. The fraction of sp³-hybridized carbons (Fsp3) is 0.118. The second-order valence-electron chi connectivity index (χ2n) is 5.69. The van der Waals surface area contributed by atoms with Crippen LogP contribution in [0.5, 0.6) is 0 Å². The van der Waals surface area contributed by atoms with Crippen LogP contribution in [0.2, 0.25) is 0 Å². The molecule has 0 atom stereocenters. The van der Waals surface area contributed by atoms with Crippen LogP contribution in [0.4, 0.5) is 5.69 Å². The summed E-state index contributed by atoms with van der Waals surface area (Å²) < 4.78 is 1.96. The van der Waals surface area contributed by atoms with Crippen molar-refractivity contribution in [2.75, 3.05) is 5.32 Å². The number of amides is 1. The lowest BCUT2D eigenvalue weighted by Gasteiger charge is -2.06. The molecule has 0 unspecified atom stereocenters. The molecule has 0 spiro atoms. The summed E-state index contributed by atoms with van der Waals surface area (Å²) in [4.78, 5) is 17.0. The van der Waals surface area contributed by atoms with Crippen molar-refractivity contribution in [3.05, 3.63) is 53.9 Å². The molecule has 1 amide bonds. The normalized spacial score (nSPS) is 11.0. The SMILES string of the molecule is Cc1nc2ccc(C(=O)Nc3ccc(-c4nn[nH]n4)cc3)cc2n1C. The van der Waals surface area contributed by atoms with Crippen molar-refractivity contribution in [2.24, 2.45) is 7.05 Å². The highest BCUT2D eigenvalue weighted by atomic mass is 16.1. The molecule has 8 heteroatoms. The van der Waals surface area contributed by atoms with E-state index in [0.29, 0.717) is 17.1 Å². The molecule has 0 radical (unpaired) electrons. The number of carbonyl (C=O) groups excluding carboxylic acids is 1. The first-order valence-electron chi connectivity index (χ1n) is 7.70. The number of aromatic amines is 1. The van der Waals surface area contributed by atoms with Crippen molar-refractivity contribution >= 4 is 22.6 Å². The molecule has 0 aliphatic rings. The number of aromatic nitrogens is 6. The van der Waals surface area contributed by atoms with Crippen LogP contribution in [0.25, 0.3) is 22.4 Å². The average molecular weight is 333 g/mol. The van der Waals surface area contributed by atoms with Gasteiger partial charge in [-0.1, -0.05) is 0 Å². The number of hydrogen-bond acceptors (Lipinski definition) is 5. The van der Waals surface area contributed by atoms with Crippen LogP contribution < -0.4 is 5.32 Å². The van der Waals surface area contributed by atoms with Gasteiger partial charge in [0.15, 0.2) is 0 Å². The molecule has 2 heterocycles. The summed E-state index contributed by atoms with van der Waals surface area (Å²) in [6, 6.07) is 12.7. The van der Waals surface area contributed by atoms with Crippen LogP contribution >= 0.6 is 0 Å². The number of rotatable bonds is 3. The third kappa shape index (κ3) is 2.74. The molecule has 2 aromatic carbocycles. The zero-order chi connectivity index (χ0) is 17.4. The fourth-order valence-electron chi connectivity index (χ4n) is 2.64.